The van der Waals surface area contributed by atoms with E-state index in [1.807, 2.05) is 12.1 Å². The zero-order chi connectivity index (χ0) is 7.11. The molecule has 0 fully saturated rings. The summed E-state index contributed by atoms with van der Waals surface area (Å²) < 4.78 is 0. The minimum Gasteiger partial charge on any atom is -0.256 e. The van der Waals surface area contributed by atoms with Gasteiger partial charge in [0.25, 0.3) is 0 Å². The third kappa shape index (κ3) is 5.93. The highest BCUT2D eigenvalue weighted by Gasteiger charge is 1.90. The van der Waals surface area contributed by atoms with Gasteiger partial charge in [-0.15, -0.1) is 0 Å². The Hall–Kier alpha value is 0.0499. The van der Waals surface area contributed by atoms with Crippen molar-refractivity contribution in [1.29, 1.82) is 0 Å². The molecule has 0 aliphatic heterocycles. The van der Waals surface area contributed by atoms with Crippen molar-refractivity contribution in [3.63, 3.8) is 0 Å². The fourth-order valence-corrected chi connectivity index (χ4v) is 0.528. The van der Waals surface area contributed by atoms with E-state index in [1.54, 1.807) is 0 Å². The minimum absolute atomic E-state index is 0.662. The van der Waals surface area contributed by atoms with Crippen LogP contribution in [0.25, 0.3) is 0 Å². The van der Waals surface area contributed by atoms with Crippen molar-refractivity contribution < 1.29 is 0 Å². The smallest absolute Gasteiger partial charge is 0.0671 e. The lowest BCUT2D eigenvalue weighted by molar-refractivity contribution is 0.255. The molecule has 0 saturated heterocycles. The van der Waals surface area contributed by atoms with Crippen LogP contribution in [0.1, 0.15) is 0 Å². The quantitative estimate of drug-likeness (QED) is 0.394. The molecular formula is C5H12B2N2. The molecule has 0 aromatic heterocycles. The Bertz CT molecular complexity index is 60.9. The molecule has 4 heteroatoms. The topological polar surface area (TPSA) is 15.3 Å². The van der Waals surface area contributed by atoms with Gasteiger partial charge in [0.2, 0.25) is 0 Å². The highest BCUT2D eigenvalue weighted by molar-refractivity contribution is 6.08. The van der Waals surface area contributed by atoms with Gasteiger partial charge in [-0.25, -0.2) is 5.01 Å². The molecular weight excluding hydrogens is 110 g/mol. The van der Waals surface area contributed by atoms with Gasteiger partial charge in [-0.3, -0.25) is 5.43 Å². The average Bonchev–Trinajstić information content (AvgIpc) is 1.85. The standard InChI is InChI=1S/C5H12B2N2/c1-9(5-3-7)8-4-2-6/h8H,2-5H2,1H3. The van der Waals surface area contributed by atoms with Crippen LogP contribution < -0.4 is 5.43 Å². The normalized spacial score (nSPS) is 10.4. The van der Waals surface area contributed by atoms with E-state index in [-0.39, 0.29) is 0 Å². The summed E-state index contributed by atoms with van der Waals surface area (Å²) in [6.45, 7) is 1.68. The van der Waals surface area contributed by atoms with Gasteiger partial charge in [0.15, 0.2) is 0 Å². The first-order chi connectivity index (χ1) is 4.31. The van der Waals surface area contributed by atoms with E-state index in [0.717, 1.165) is 13.1 Å². The predicted octanol–water partition coefficient (Wildman–Crippen LogP) is -0.404. The maximum absolute atomic E-state index is 5.29. The van der Waals surface area contributed by atoms with E-state index >= 15 is 0 Å². The van der Waals surface area contributed by atoms with Crippen molar-refractivity contribution >= 4 is 15.7 Å². The molecule has 4 radical (unpaired) electrons. The van der Waals surface area contributed by atoms with Crippen molar-refractivity contribution in [1.82, 2.24) is 10.4 Å². The van der Waals surface area contributed by atoms with Crippen molar-refractivity contribution in [2.24, 2.45) is 0 Å². The number of nitrogens with one attached hydrogen (secondary N) is 1. The van der Waals surface area contributed by atoms with Gasteiger partial charge in [-0.2, -0.15) is 0 Å². The number of hydrogen-bond donors (Lipinski definition) is 1. The Balaban J connectivity index is 2.95. The zero-order valence-corrected chi connectivity index (χ0v) is 5.93. The summed E-state index contributed by atoms with van der Waals surface area (Å²) >= 11 is 0. The van der Waals surface area contributed by atoms with E-state index in [2.05, 4.69) is 5.43 Å². The van der Waals surface area contributed by atoms with E-state index < -0.39 is 0 Å². The summed E-state index contributed by atoms with van der Waals surface area (Å²) in [5.41, 5.74) is 3.06. The van der Waals surface area contributed by atoms with Crippen molar-refractivity contribution in [2.75, 3.05) is 20.1 Å². The lowest BCUT2D eigenvalue weighted by Gasteiger charge is -2.15. The molecule has 0 heterocycles. The third-order valence-electron chi connectivity index (χ3n) is 0.991. The highest BCUT2D eigenvalue weighted by atomic mass is 15.5. The molecule has 1 N–H and O–H groups in total. The minimum atomic E-state index is 0.662. The summed E-state index contributed by atoms with van der Waals surface area (Å²) in [6, 6.07) is 0. The van der Waals surface area contributed by atoms with Crippen LogP contribution in [0, 0.1) is 0 Å². The van der Waals surface area contributed by atoms with Crippen LogP contribution in [-0.2, 0) is 0 Å². The van der Waals surface area contributed by atoms with Crippen molar-refractivity contribution in [2.45, 2.75) is 12.6 Å². The fourth-order valence-electron chi connectivity index (χ4n) is 0.528. The predicted molar refractivity (Wildman–Crippen MR) is 41.8 cm³/mol. The molecule has 0 amide bonds. The van der Waals surface area contributed by atoms with Gasteiger partial charge in [0.05, 0.1) is 15.7 Å². The molecule has 0 rings (SSSR count). The lowest BCUT2D eigenvalue weighted by atomic mass is 10.1. The molecule has 0 aromatic rings. The van der Waals surface area contributed by atoms with Gasteiger partial charge >= 0.3 is 0 Å². The molecule has 0 saturated carbocycles. The highest BCUT2D eigenvalue weighted by Crippen LogP contribution is 1.78. The van der Waals surface area contributed by atoms with Crippen molar-refractivity contribution in [3.05, 3.63) is 0 Å². The maximum Gasteiger partial charge on any atom is 0.0671 e. The SMILES string of the molecule is [B]CCNN(C)CC[B]. The zero-order valence-electron chi connectivity index (χ0n) is 5.93. The third-order valence-corrected chi connectivity index (χ3v) is 0.991. The molecule has 0 unspecified atom stereocenters. The Morgan fingerprint density at radius 3 is 2.44 bits per heavy atom. The molecule has 0 spiro atoms. The van der Waals surface area contributed by atoms with Crippen LogP contribution in [0.4, 0.5) is 0 Å². The van der Waals surface area contributed by atoms with E-state index in [1.165, 1.54) is 0 Å². The van der Waals surface area contributed by atoms with Gasteiger partial charge in [0, 0.05) is 20.1 Å². The first kappa shape index (κ1) is 9.05. The lowest BCUT2D eigenvalue weighted by Crippen LogP contribution is -2.35. The first-order valence-corrected chi connectivity index (χ1v) is 3.16. The molecule has 0 bridgehead atoms. The molecule has 0 atom stereocenters. The number of nitrogens with zero attached hydrogens (tertiary/aromatic N) is 1. The summed E-state index contributed by atoms with van der Waals surface area (Å²) in [7, 11) is 12.5. The summed E-state index contributed by atoms with van der Waals surface area (Å²) in [4.78, 5) is 0. The monoisotopic (exact) mass is 122 g/mol. The largest absolute Gasteiger partial charge is 0.256 e. The maximum atomic E-state index is 5.29. The fraction of sp³-hybridized carbons (Fsp3) is 1.00. The van der Waals surface area contributed by atoms with Crippen LogP contribution in [-0.4, -0.2) is 40.8 Å². The summed E-state index contributed by atoms with van der Waals surface area (Å²) in [5.74, 6) is 0. The average molecular weight is 122 g/mol. The molecule has 48 valence electrons. The van der Waals surface area contributed by atoms with E-state index in [4.69, 9.17) is 15.7 Å². The van der Waals surface area contributed by atoms with Gasteiger partial charge in [-0.05, 0) is 0 Å². The van der Waals surface area contributed by atoms with Gasteiger partial charge in [0.1, 0.15) is 0 Å². The first-order valence-electron chi connectivity index (χ1n) is 3.16. The van der Waals surface area contributed by atoms with E-state index in [9.17, 15) is 0 Å². The Labute approximate surface area is 59.8 Å². The van der Waals surface area contributed by atoms with Crippen LogP contribution in [0.3, 0.4) is 0 Å². The number of hydrazine groups is 1. The molecule has 9 heavy (non-hydrogen) atoms. The Morgan fingerprint density at radius 1 is 1.33 bits per heavy atom. The van der Waals surface area contributed by atoms with Crippen molar-refractivity contribution in [3.8, 4) is 0 Å². The second kappa shape index (κ2) is 6.17. The van der Waals surface area contributed by atoms with Crippen LogP contribution in [0.15, 0.2) is 0 Å². The molecule has 0 aromatic carbocycles. The second-order valence-corrected chi connectivity index (χ2v) is 1.91. The number of hydrogen-bond acceptors (Lipinski definition) is 2. The molecule has 0 aliphatic rings. The Morgan fingerprint density at radius 2 is 2.00 bits per heavy atom. The second-order valence-electron chi connectivity index (χ2n) is 1.91. The molecule has 2 nitrogen and oxygen atoms in total. The van der Waals surface area contributed by atoms with E-state index in [0.29, 0.717) is 12.6 Å². The van der Waals surface area contributed by atoms with Crippen LogP contribution in [0.2, 0.25) is 12.6 Å². The van der Waals surface area contributed by atoms with Crippen LogP contribution >= 0.6 is 0 Å². The van der Waals surface area contributed by atoms with Gasteiger partial charge < -0.3 is 0 Å². The Kier molecular flexibility index (Phi) is 6.21. The summed E-state index contributed by atoms with van der Waals surface area (Å²) in [6.07, 6.45) is 1.34. The molecule has 0 aliphatic carbocycles. The van der Waals surface area contributed by atoms with Crippen LogP contribution in [0.5, 0.6) is 0 Å². The van der Waals surface area contributed by atoms with Gasteiger partial charge in [-0.1, -0.05) is 12.6 Å². The summed E-state index contributed by atoms with van der Waals surface area (Å²) in [5, 5.41) is 1.94. The number of rotatable bonds is 5.